The minimum atomic E-state index is 0.166. The topological polar surface area (TPSA) is 52.7 Å². The molecule has 0 radical (unpaired) electrons. The predicted octanol–water partition coefficient (Wildman–Crippen LogP) is 1.50. The maximum atomic E-state index is 9.42. The Morgan fingerprint density at radius 2 is 1.89 bits per heavy atom. The summed E-state index contributed by atoms with van der Waals surface area (Å²) in [4.78, 5) is 4.86. The molecule has 0 aromatic heterocycles. The lowest BCUT2D eigenvalue weighted by Crippen LogP contribution is -2.54. The zero-order valence-electron chi connectivity index (χ0n) is 11.4. The molecule has 0 saturated carbocycles. The van der Waals surface area contributed by atoms with Crippen molar-refractivity contribution < 1.29 is 5.11 Å². The number of hydrogen-bond donors (Lipinski definition) is 2. The van der Waals surface area contributed by atoms with Crippen LogP contribution in [0.3, 0.4) is 0 Å². The number of nitrogens with zero attached hydrogens (tertiary/aromatic N) is 2. The lowest BCUT2D eigenvalue weighted by Gasteiger charge is -2.42. The Morgan fingerprint density at radius 3 is 2.44 bits per heavy atom. The minimum absolute atomic E-state index is 0.166. The number of anilines is 1. The summed E-state index contributed by atoms with van der Waals surface area (Å²) in [5, 5.41) is 9.42. The Labute approximate surface area is 109 Å². The van der Waals surface area contributed by atoms with Gasteiger partial charge < -0.3 is 10.8 Å². The molecule has 2 rings (SSSR count). The number of phenols is 1. The molecule has 18 heavy (non-hydrogen) atoms. The summed E-state index contributed by atoms with van der Waals surface area (Å²) in [5.74, 6) is 0.166. The molecule has 1 heterocycles. The third-order valence-electron chi connectivity index (χ3n) is 3.93. The predicted molar refractivity (Wildman–Crippen MR) is 74.5 cm³/mol. The van der Waals surface area contributed by atoms with Crippen LogP contribution >= 0.6 is 0 Å². The number of piperazine rings is 1. The van der Waals surface area contributed by atoms with Crippen LogP contribution in [0, 0.1) is 0 Å². The molecule has 4 nitrogen and oxygen atoms in total. The van der Waals surface area contributed by atoms with Gasteiger partial charge in [0.1, 0.15) is 5.75 Å². The first-order chi connectivity index (χ1) is 8.47. The highest BCUT2D eigenvalue weighted by molar-refractivity contribution is 5.53. The van der Waals surface area contributed by atoms with Gasteiger partial charge in [-0.3, -0.25) is 9.80 Å². The van der Waals surface area contributed by atoms with Crippen LogP contribution in [0.25, 0.3) is 0 Å². The van der Waals surface area contributed by atoms with Gasteiger partial charge in [0.2, 0.25) is 0 Å². The van der Waals surface area contributed by atoms with Crippen LogP contribution in [0.5, 0.6) is 5.75 Å². The third-order valence-corrected chi connectivity index (χ3v) is 3.93. The number of likely N-dealkylation sites (N-methyl/N-ethyl adjacent to an activating group) is 1. The Hall–Kier alpha value is -1.26. The third kappa shape index (κ3) is 2.76. The van der Waals surface area contributed by atoms with Crippen LogP contribution in [0.4, 0.5) is 5.69 Å². The van der Waals surface area contributed by atoms with E-state index in [9.17, 15) is 5.11 Å². The summed E-state index contributed by atoms with van der Waals surface area (Å²) in [6, 6.07) is 6.63. The van der Waals surface area contributed by atoms with Crippen molar-refractivity contribution in [2.24, 2.45) is 0 Å². The zero-order chi connectivity index (χ0) is 13.3. The fourth-order valence-electron chi connectivity index (χ4n) is 2.60. The maximum Gasteiger partial charge on any atom is 0.138 e. The molecule has 1 aromatic carbocycles. The second-order valence-corrected chi connectivity index (χ2v) is 5.45. The van der Waals surface area contributed by atoms with Crippen molar-refractivity contribution in [3.8, 4) is 5.75 Å². The van der Waals surface area contributed by atoms with Crippen LogP contribution < -0.4 is 5.73 Å². The lowest BCUT2D eigenvalue weighted by molar-refractivity contribution is 0.0556. The summed E-state index contributed by atoms with van der Waals surface area (Å²) < 4.78 is 0. The molecule has 1 aliphatic heterocycles. The molecule has 0 amide bonds. The number of hydrogen-bond acceptors (Lipinski definition) is 4. The van der Waals surface area contributed by atoms with E-state index in [2.05, 4.69) is 30.7 Å². The summed E-state index contributed by atoms with van der Waals surface area (Å²) in [5.41, 5.74) is 7.35. The molecule has 100 valence electrons. The first kappa shape index (κ1) is 13.2. The van der Waals surface area contributed by atoms with Crippen LogP contribution in [0.15, 0.2) is 18.2 Å². The van der Waals surface area contributed by atoms with Gasteiger partial charge in [-0.15, -0.1) is 0 Å². The number of aromatic hydroxyl groups is 1. The highest BCUT2D eigenvalue weighted by Gasteiger charge is 2.26. The first-order valence-corrected chi connectivity index (χ1v) is 6.49. The fourth-order valence-corrected chi connectivity index (χ4v) is 2.60. The van der Waals surface area contributed by atoms with Crippen molar-refractivity contribution in [1.82, 2.24) is 9.80 Å². The first-order valence-electron chi connectivity index (χ1n) is 6.49. The lowest BCUT2D eigenvalue weighted by atomic mass is 10.1. The van der Waals surface area contributed by atoms with E-state index in [0.717, 1.165) is 25.2 Å². The van der Waals surface area contributed by atoms with E-state index in [1.165, 1.54) is 0 Å². The van der Waals surface area contributed by atoms with Gasteiger partial charge in [-0.05, 0) is 38.6 Å². The number of nitrogens with two attached hydrogens (primary N) is 1. The highest BCUT2D eigenvalue weighted by atomic mass is 16.3. The fraction of sp³-hybridized carbons (Fsp3) is 0.571. The largest absolute Gasteiger partial charge is 0.506 e. The SMILES string of the molecule is CC1CN(Cc2ccc(O)c(N)c2)CC(C)N1C. The van der Waals surface area contributed by atoms with E-state index in [-0.39, 0.29) is 5.75 Å². The molecule has 0 bridgehead atoms. The minimum Gasteiger partial charge on any atom is -0.506 e. The quantitative estimate of drug-likeness (QED) is 0.616. The Bertz CT molecular complexity index is 410. The summed E-state index contributed by atoms with van der Waals surface area (Å²) in [6.07, 6.45) is 0. The van der Waals surface area contributed by atoms with E-state index in [0.29, 0.717) is 17.8 Å². The molecule has 3 N–H and O–H groups in total. The Morgan fingerprint density at radius 1 is 1.28 bits per heavy atom. The van der Waals surface area contributed by atoms with Gasteiger partial charge in [0, 0.05) is 31.7 Å². The van der Waals surface area contributed by atoms with Crippen LogP contribution in [0.1, 0.15) is 19.4 Å². The smallest absolute Gasteiger partial charge is 0.138 e. The molecular formula is C14H23N3O. The molecular weight excluding hydrogens is 226 g/mol. The molecule has 2 unspecified atom stereocenters. The van der Waals surface area contributed by atoms with E-state index in [4.69, 9.17) is 5.73 Å². The zero-order valence-corrected chi connectivity index (χ0v) is 11.4. The molecule has 1 fully saturated rings. The normalized spacial score (nSPS) is 26.4. The molecule has 1 aliphatic rings. The van der Waals surface area contributed by atoms with Crippen molar-refractivity contribution in [3.63, 3.8) is 0 Å². The van der Waals surface area contributed by atoms with Gasteiger partial charge in [0.25, 0.3) is 0 Å². The van der Waals surface area contributed by atoms with E-state index in [1.54, 1.807) is 6.07 Å². The van der Waals surface area contributed by atoms with Crippen molar-refractivity contribution in [1.29, 1.82) is 0 Å². The van der Waals surface area contributed by atoms with Crippen LogP contribution in [-0.2, 0) is 6.54 Å². The van der Waals surface area contributed by atoms with Gasteiger partial charge in [0.05, 0.1) is 5.69 Å². The van der Waals surface area contributed by atoms with Crippen molar-refractivity contribution in [2.45, 2.75) is 32.5 Å². The van der Waals surface area contributed by atoms with Crippen molar-refractivity contribution in [3.05, 3.63) is 23.8 Å². The summed E-state index contributed by atoms with van der Waals surface area (Å²) in [6.45, 7) is 7.55. The van der Waals surface area contributed by atoms with Gasteiger partial charge >= 0.3 is 0 Å². The van der Waals surface area contributed by atoms with Gasteiger partial charge in [0.15, 0.2) is 0 Å². The molecule has 0 spiro atoms. The average molecular weight is 249 g/mol. The van der Waals surface area contributed by atoms with Gasteiger partial charge in [-0.2, -0.15) is 0 Å². The second-order valence-electron chi connectivity index (χ2n) is 5.45. The van der Waals surface area contributed by atoms with Crippen molar-refractivity contribution in [2.75, 3.05) is 25.9 Å². The second kappa shape index (κ2) is 5.16. The molecule has 4 heteroatoms. The van der Waals surface area contributed by atoms with Crippen LogP contribution in [0.2, 0.25) is 0 Å². The van der Waals surface area contributed by atoms with Crippen LogP contribution in [-0.4, -0.2) is 47.1 Å². The molecule has 1 aromatic rings. The van der Waals surface area contributed by atoms with E-state index < -0.39 is 0 Å². The average Bonchev–Trinajstić information content (AvgIpc) is 2.31. The highest BCUT2D eigenvalue weighted by Crippen LogP contribution is 2.22. The van der Waals surface area contributed by atoms with Gasteiger partial charge in [-0.25, -0.2) is 0 Å². The van der Waals surface area contributed by atoms with Crippen molar-refractivity contribution >= 4 is 5.69 Å². The molecule has 0 aliphatic carbocycles. The summed E-state index contributed by atoms with van der Waals surface area (Å²) >= 11 is 0. The monoisotopic (exact) mass is 249 g/mol. The van der Waals surface area contributed by atoms with E-state index >= 15 is 0 Å². The summed E-state index contributed by atoms with van der Waals surface area (Å²) in [7, 11) is 2.19. The number of nitrogen functional groups attached to an aromatic ring is 1. The maximum absolute atomic E-state index is 9.42. The number of benzene rings is 1. The van der Waals surface area contributed by atoms with Gasteiger partial charge in [-0.1, -0.05) is 6.07 Å². The molecule has 1 saturated heterocycles. The number of phenolic OH excluding ortho intramolecular Hbond substituents is 1. The Balaban J connectivity index is 2.03. The number of rotatable bonds is 2. The van der Waals surface area contributed by atoms with E-state index in [1.807, 2.05) is 12.1 Å². The Kier molecular flexibility index (Phi) is 3.78. The standard InChI is InChI=1S/C14H23N3O/c1-10-7-17(8-11(2)16(10)3)9-12-4-5-14(18)13(15)6-12/h4-6,10-11,18H,7-9,15H2,1-3H3. The molecule has 2 atom stereocenters.